The van der Waals surface area contributed by atoms with E-state index in [-0.39, 0.29) is 29.3 Å². The summed E-state index contributed by atoms with van der Waals surface area (Å²) in [6, 6.07) is 8.82. The summed E-state index contributed by atoms with van der Waals surface area (Å²) in [4.78, 5) is 18.5. The van der Waals surface area contributed by atoms with Crippen LogP contribution in [0.5, 0.6) is 0 Å². The van der Waals surface area contributed by atoms with E-state index in [1.807, 2.05) is 17.0 Å². The van der Waals surface area contributed by atoms with Crippen LogP contribution in [0.3, 0.4) is 0 Å². The Morgan fingerprint density at radius 1 is 1.15 bits per heavy atom. The maximum absolute atomic E-state index is 13.3. The summed E-state index contributed by atoms with van der Waals surface area (Å²) < 4.78 is 28.1. The van der Waals surface area contributed by atoms with Crippen LogP contribution in [0.15, 0.2) is 41.4 Å². The van der Waals surface area contributed by atoms with Crippen molar-refractivity contribution in [2.75, 3.05) is 32.7 Å². The predicted molar refractivity (Wildman–Crippen MR) is 105 cm³/mol. The van der Waals surface area contributed by atoms with Crippen LogP contribution >= 0.6 is 12.4 Å². The summed E-state index contributed by atoms with van der Waals surface area (Å²) in [7, 11) is -3.66. The number of fused-ring (bicyclic) bond motifs is 1. The second-order valence-electron chi connectivity index (χ2n) is 6.75. The summed E-state index contributed by atoms with van der Waals surface area (Å²) in [5, 5.41) is 3.86. The smallest absolute Gasteiger partial charge is 0.245 e. The number of rotatable bonds is 3. The SMILES string of the molecule is Cl.O=C1CNCCN1C1CCCN(S(=O)(=O)c2cccc3cccnc23)C1. The minimum Gasteiger partial charge on any atom is -0.336 e. The number of carbonyl (C=O) groups is 1. The largest absolute Gasteiger partial charge is 0.336 e. The van der Waals surface area contributed by atoms with Crippen molar-refractivity contribution in [3.63, 3.8) is 0 Å². The molecule has 7 nitrogen and oxygen atoms in total. The van der Waals surface area contributed by atoms with E-state index in [0.717, 1.165) is 24.8 Å². The minimum atomic E-state index is -3.66. The van der Waals surface area contributed by atoms with Crippen molar-refractivity contribution in [2.45, 2.75) is 23.8 Å². The molecule has 4 rings (SSSR count). The van der Waals surface area contributed by atoms with E-state index in [9.17, 15) is 13.2 Å². The van der Waals surface area contributed by atoms with Gasteiger partial charge in [0.25, 0.3) is 0 Å². The number of piperidine rings is 1. The summed E-state index contributed by atoms with van der Waals surface area (Å²) in [6.07, 6.45) is 3.20. The Kier molecular flexibility index (Phi) is 6.00. The quantitative estimate of drug-likeness (QED) is 0.823. The zero-order valence-electron chi connectivity index (χ0n) is 14.9. The summed E-state index contributed by atoms with van der Waals surface area (Å²) >= 11 is 0. The molecule has 2 saturated heterocycles. The van der Waals surface area contributed by atoms with Gasteiger partial charge in [-0.2, -0.15) is 4.31 Å². The van der Waals surface area contributed by atoms with Gasteiger partial charge in [0, 0.05) is 43.8 Å². The third-order valence-electron chi connectivity index (χ3n) is 5.14. The number of nitrogens with one attached hydrogen (secondary N) is 1. The van der Waals surface area contributed by atoms with Gasteiger partial charge >= 0.3 is 0 Å². The summed E-state index contributed by atoms with van der Waals surface area (Å²) in [5.41, 5.74) is 0.496. The zero-order chi connectivity index (χ0) is 18.1. The van der Waals surface area contributed by atoms with E-state index in [0.29, 0.717) is 31.7 Å². The van der Waals surface area contributed by atoms with E-state index in [4.69, 9.17) is 0 Å². The number of hydrogen-bond acceptors (Lipinski definition) is 5. The Bertz CT molecular complexity index is 932. The van der Waals surface area contributed by atoms with Gasteiger partial charge in [0.15, 0.2) is 0 Å². The first-order valence-corrected chi connectivity index (χ1v) is 10.4. The molecular formula is C18H23ClN4O3S. The highest BCUT2D eigenvalue weighted by Crippen LogP contribution is 2.27. The van der Waals surface area contributed by atoms with Crippen molar-refractivity contribution in [1.29, 1.82) is 0 Å². The number of halogens is 1. The topological polar surface area (TPSA) is 82.6 Å². The Hall–Kier alpha value is -1.74. The third kappa shape index (κ3) is 3.80. The van der Waals surface area contributed by atoms with Crippen LogP contribution in [0.25, 0.3) is 10.9 Å². The predicted octanol–water partition coefficient (Wildman–Crippen LogP) is 1.24. The fraction of sp³-hybridized carbons (Fsp3) is 0.444. The molecule has 1 aromatic carbocycles. The molecule has 1 amide bonds. The third-order valence-corrected chi connectivity index (χ3v) is 7.04. The molecule has 2 aliphatic rings. The molecule has 0 saturated carbocycles. The van der Waals surface area contributed by atoms with Crippen molar-refractivity contribution < 1.29 is 13.2 Å². The maximum Gasteiger partial charge on any atom is 0.245 e. The highest BCUT2D eigenvalue weighted by molar-refractivity contribution is 7.89. The first-order valence-electron chi connectivity index (χ1n) is 8.91. The molecule has 9 heteroatoms. The highest BCUT2D eigenvalue weighted by Gasteiger charge is 2.35. The van der Waals surface area contributed by atoms with Gasteiger partial charge in [0.05, 0.1) is 12.1 Å². The van der Waals surface area contributed by atoms with Crippen molar-refractivity contribution in [1.82, 2.24) is 19.5 Å². The summed E-state index contributed by atoms with van der Waals surface area (Å²) in [5.74, 6) is 0.0484. The molecule has 2 aliphatic heterocycles. The molecule has 1 aromatic heterocycles. The van der Waals surface area contributed by atoms with Crippen LogP contribution in [-0.4, -0.2) is 67.3 Å². The van der Waals surface area contributed by atoms with Gasteiger partial charge in [0.1, 0.15) is 4.90 Å². The monoisotopic (exact) mass is 410 g/mol. The van der Waals surface area contributed by atoms with E-state index < -0.39 is 10.0 Å². The molecule has 0 bridgehead atoms. The Balaban J connectivity index is 0.00000210. The average molecular weight is 411 g/mol. The second-order valence-corrected chi connectivity index (χ2v) is 8.66. The zero-order valence-corrected chi connectivity index (χ0v) is 16.5. The average Bonchev–Trinajstić information content (AvgIpc) is 2.68. The van der Waals surface area contributed by atoms with Gasteiger partial charge in [0.2, 0.25) is 15.9 Å². The molecule has 2 fully saturated rings. The molecule has 3 heterocycles. The van der Waals surface area contributed by atoms with Gasteiger partial charge in [-0.3, -0.25) is 9.78 Å². The lowest BCUT2D eigenvalue weighted by atomic mass is 10.1. The van der Waals surface area contributed by atoms with Gasteiger partial charge in [-0.05, 0) is 25.0 Å². The van der Waals surface area contributed by atoms with Gasteiger partial charge < -0.3 is 10.2 Å². The first kappa shape index (κ1) is 20.0. The lowest BCUT2D eigenvalue weighted by Crippen LogP contribution is -2.57. The number of piperazine rings is 1. The number of pyridine rings is 1. The molecular weight excluding hydrogens is 388 g/mol. The van der Waals surface area contributed by atoms with E-state index >= 15 is 0 Å². The van der Waals surface area contributed by atoms with Crippen LogP contribution < -0.4 is 5.32 Å². The molecule has 2 aromatic rings. The first-order chi connectivity index (χ1) is 12.6. The fourth-order valence-electron chi connectivity index (χ4n) is 3.82. The number of amides is 1. The van der Waals surface area contributed by atoms with Crippen LogP contribution in [-0.2, 0) is 14.8 Å². The summed E-state index contributed by atoms with van der Waals surface area (Å²) in [6.45, 7) is 2.53. The number of sulfonamides is 1. The van der Waals surface area contributed by atoms with Crippen molar-refractivity contribution in [3.05, 3.63) is 36.5 Å². The van der Waals surface area contributed by atoms with Crippen molar-refractivity contribution in [2.24, 2.45) is 0 Å². The number of aromatic nitrogens is 1. The number of benzene rings is 1. The van der Waals surface area contributed by atoms with E-state index in [1.165, 1.54) is 4.31 Å². The number of hydrogen-bond donors (Lipinski definition) is 1. The lowest BCUT2D eigenvalue weighted by molar-refractivity contribution is -0.135. The molecule has 1 unspecified atom stereocenters. The molecule has 1 atom stereocenters. The standard InChI is InChI=1S/C18H22N4O3S.ClH/c23-17-12-19-9-11-22(17)15-6-3-10-21(13-15)26(24,25)16-7-1-4-14-5-2-8-20-18(14)16;/h1-2,4-5,7-8,15,19H,3,6,9-13H2;1H. The van der Waals surface area contributed by atoms with Gasteiger partial charge in [-0.1, -0.05) is 18.2 Å². The van der Waals surface area contributed by atoms with Crippen LogP contribution in [0.1, 0.15) is 12.8 Å². The number of nitrogens with zero attached hydrogens (tertiary/aromatic N) is 3. The Labute approximate surface area is 165 Å². The molecule has 0 aliphatic carbocycles. The number of carbonyl (C=O) groups excluding carboxylic acids is 1. The van der Waals surface area contributed by atoms with Crippen LogP contribution in [0, 0.1) is 0 Å². The lowest BCUT2D eigenvalue weighted by Gasteiger charge is -2.40. The number of para-hydroxylation sites is 1. The molecule has 27 heavy (non-hydrogen) atoms. The minimum absolute atomic E-state index is 0. The highest BCUT2D eigenvalue weighted by atomic mass is 35.5. The van der Waals surface area contributed by atoms with Crippen molar-refractivity contribution in [3.8, 4) is 0 Å². The Morgan fingerprint density at radius 3 is 2.78 bits per heavy atom. The van der Waals surface area contributed by atoms with Gasteiger partial charge in [-0.15, -0.1) is 12.4 Å². The van der Waals surface area contributed by atoms with E-state index in [1.54, 1.807) is 24.4 Å². The fourth-order valence-corrected chi connectivity index (χ4v) is 5.51. The molecule has 0 spiro atoms. The van der Waals surface area contributed by atoms with Crippen LogP contribution in [0.2, 0.25) is 0 Å². The van der Waals surface area contributed by atoms with E-state index in [2.05, 4.69) is 10.3 Å². The van der Waals surface area contributed by atoms with Crippen LogP contribution in [0.4, 0.5) is 0 Å². The molecule has 146 valence electrons. The Morgan fingerprint density at radius 2 is 1.96 bits per heavy atom. The maximum atomic E-state index is 13.3. The van der Waals surface area contributed by atoms with Gasteiger partial charge in [-0.25, -0.2) is 8.42 Å². The van der Waals surface area contributed by atoms with Crippen molar-refractivity contribution >= 4 is 39.2 Å². The molecule has 1 N–H and O–H groups in total. The second kappa shape index (κ2) is 8.10. The molecule has 0 radical (unpaired) electrons. The normalized spacial score (nSPS) is 21.9.